The van der Waals surface area contributed by atoms with Gasteiger partial charge >= 0.3 is 0 Å². The minimum Gasteiger partial charge on any atom is -0.456 e. The topological polar surface area (TPSA) is 56.8 Å². The summed E-state index contributed by atoms with van der Waals surface area (Å²) in [5.74, 6) is -0.0377. The van der Waals surface area contributed by atoms with Gasteiger partial charge in [-0.1, -0.05) is 6.07 Å². The third-order valence-electron chi connectivity index (χ3n) is 2.61. The van der Waals surface area contributed by atoms with Crippen LogP contribution in [0, 0.1) is 28.5 Å². The maximum atomic E-state index is 13.5. The van der Waals surface area contributed by atoms with Crippen molar-refractivity contribution in [1.29, 1.82) is 10.5 Å². The summed E-state index contributed by atoms with van der Waals surface area (Å²) in [6.45, 7) is 0. The van der Waals surface area contributed by atoms with E-state index in [0.717, 1.165) is 11.0 Å². The third kappa shape index (κ3) is 2.74. The van der Waals surface area contributed by atoms with Gasteiger partial charge in [0.05, 0.1) is 5.56 Å². The van der Waals surface area contributed by atoms with Gasteiger partial charge in [-0.2, -0.15) is 10.5 Å². The Morgan fingerprint density at radius 3 is 2.55 bits per heavy atom. The average Bonchev–Trinajstić information content (AvgIpc) is 2.47. The van der Waals surface area contributed by atoms with Gasteiger partial charge in [0, 0.05) is 11.0 Å². The van der Waals surface area contributed by atoms with Crippen molar-refractivity contribution in [2.24, 2.45) is 0 Å². The second kappa shape index (κ2) is 6.10. The number of rotatable bonds is 3. The maximum absolute atomic E-state index is 13.5. The van der Waals surface area contributed by atoms with Crippen LogP contribution in [-0.4, -0.2) is 6.26 Å². The molecule has 0 amide bonds. The van der Waals surface area contributed by atoms with E-state index in [-0.39, 0.29) is 11.3 Å². The van der Waals surface area contributed by atoms with Crippen LogP contribution >= 0.6 is 11.8 Å². The molecule has 0 unspecified atom stereocenters. The molecule has 2 aromatic rings. The van der Waals surface area contributed by atoms with Crippen LogP contribution in [0.25, 0.3) is 0 Å². The van der Waals surface area contributed by atoms with Crippen molar-refractivity contribution in [1.82, 2.24) is 0 Å². The molecule has 0 N–H and O–H groups in total. The molecule has 0 spiro atoms. The number of hydrogen-bond donors (Lipinski definition) is 0. The van der Waals surface area contributed by atoms with E-state index in [9.17, 15) is 9.65 Å². The van der Waals surface area contributed by atoms with Crippen LogP contribution in [0.5, 0.6) is 11.5 Å². The second-order valence-corrected chi connectivity index (χ2v) is 4.65. The lowest BCUT2D eigenvalue weighted by Crippen LogP contribution is -1.92. The first kappa shape index (κ1) is 13.9. The lowest BCUT2D eigenvalue weighted by atomic mass is 10.2. The molecule has 0 aliphatic heterocycles. The minimum absolute atomic E-state index is 0.0456. The Kier molecular flexibility index (Phi) is 4.24. The largest absolute Gasteiger partial charge is 0.456 e. The van der Waals surface area contributed by atoms with Crippen molar-refractivity contribution in [3.63, 3.8) is 0 Å². The van der Waals surface area contributed by atoms with Gasteiger partial charge in [-0.05, 0) is 30.5 Å². The van der Waals surface area contributed by atoms with E-state index in [1.165, 1.54) is 23.9 Å². The Morgan fingerprint density at radius 1 is 1.15 bits per heavy atom. The summed E-state index contributed by atoms with van der Waals surface area (Å²) in [6.07, 6.45) is 1.86. The molecular weight excluding hydrogens is 275 g/mol. The number of nitrogens with zero attached hydrogens (tertiary/aromatic N) is 2. The van der Waals surface area contributed by atoms with Gasteiger partial charge in [0.1, 0.15) is 35.0 Å². The highest BCUT2D eigenvalue weighted by Gasteiger charge is 2.10. The van der Waals surface area contributed by atoms with E-state index in [1.54, 1.807) is 18.2 Å². The number of benzene rings is 2. The lowest BCUT2D eigenvalue weighted by Gasteiger charge is -2.09. The molecule has 3 nitrogen and oxygen atoms in total. The third-order valence-corrected chi connectivity index (χ3v) is 3.39. The summed E-state index contributed by atoms with van der Waals surface area (Å²) in [7, 11) is 0. The predicted molar refractivity (Wildman–Crippen MR) is 74.1 cm³/mol. The summed E-state index contributed by atoms with van der Waals surface area (Å²) in [4.78, 5) is 0.791. The number of thioether (sulfide) groups is 1. The SMILES string of the molecule is CSc1cccc(Oc2ccc(C#N)c(F)c2)c1C#N. The molecule has 0 aliphatic rings. The quantitative estimate of drug-likeness (QED) is 0.797. The Labute approximate surface area is 120 Å². The Hall–Kier alpha value is -2.50. The summed E-state index contributed by atoms with van der Waals surface area (Å²) in [5.41, 5.74) is 0.362. The summed E-state index contributed by atoms with van der Waals surface area (Å²) < 4.78 is 19.0. The van der Waals surface area contributed by atoms with E-state index >= 15 is 0 Å². The average molecular weight is 284 g/mol. The monoisotopic (exact) mass is 284 g/mol. The summed E-state index contributed by atoms with van der Waals surface area (Å²) in [5, 5.41) is 17.9. The highest BCUT2D eigenvalue weighted by atomic mass is 32.2. The van der Waals surface area contributed by atoms with Gasteiger partial charge in [-0.25, -0.2) is 4.39 Å². The molecule has 0 atom stereocenters. The number of halogens is 1. The molecule has 0 heterocycles. The van der Waals surface area contributed by atoms with Crippen molar-refractivity contribution in [2.75, 3.05) is 6.26 Å². The smallest absolute Gasteiger partial charge is 0.146 e. The van der Waals surface area contributed by atoms with Crippen LogP contribution in [0.15, 0.2) is 41.3 Å². The molecule has 0 aliphatic carbocycles. The van der Waals surface area contributed by atoms with Crippen LogP contribution in [0.4, 0.5) is 4.39 Å². The Bertz CT molecular complexity index is 732. The molecule has 5 heteroatoms. The second-order valence-electron chi connectivity index (χ2n) is 3.80. The predicted octanol–water partition coefficient (Wildman–Crippen LogP) is 4.08. The van der Waals surface area contributed by atoms with Gasteiger partial charge in [0.2, 0.25) is 0 Å². The van der Waals surface area contributed by atoms with E-state index < -0.39 is 5.82 Å². The molecule has 20 heavy (non-hydrogen) atoms. The lowest BCUT2D eigenvalue weighted by molar-refractivity contribution is 0.473. The fraction of sp³-hybridized carbons (Fsp3) is 0.0667. The van der Waals surface area contributed by atoms with Gasteiger partial charge in [-0.3, -0.25) is 0 Å². The van der Waals surface area contributed by atoms with E-state index in [2.05, 4.69) is 6.07 Å². The van der Waals surface area contributed by atoms with E-state index in [4.69, 9.17) is 10.00 Å². The molecule has 0 fully saturated rings. The minimum atomic E-state index is -0.649. The molecule has 2 rings (SSSR count). The molecule has 98 valence electrons. The molecule has 2 aromatic carbocycles. The van der Waals surface area contributed by atoms with Crippen LogP contribution < -0.4 is 4.74 Å². The van der Waals surface area contributed by atoms with Crippen molar-refractivity contribution >= 4 is 11.8 Å². The standard InChI is InChI=1S/C15H9FN2OS/c1-20-15-4-2-3-14(12(15)9-18)19-11-6-5-10(8-17)13(16)7-11/h2-7H,1H3. The zero-order valence-corrected chi connectivity index (χ0v) is 11.4. The Morgan fingerprint density at radius 2 is 1.95 bits per heavy atom. The maximum Gasteiger partial charge on any atom is 0.146 e. The summed E-state index contributed by atoms with van der Waals surface area (Å²) >= 11 is 1.43. The Balaban J connectivity index is 2.38. The van der Waals surface area contributed by atoms with Gasteiger partial charge in [0.25, 0.3) is 0 Å². The highest BCUT2D eigenvalue weighted by Crippen LogP contribution is 2.31. The number of hydrogen-bond acceptors (Lipinski definition) is 4. The molecule has 0 saturated carbocycles. The van der Waals surface area contributed by atoms with Crippen molar-refractivity contribution in [2.45, 2.75) is 4.90 Å². The first-order valence-corrected chi connectivity index (χ1v) is 6.86. The molecule has 0 aromatic heterocycles. The fourth-order valence-corrected chi connectivity index (χ4v) is 2.22. The van der Waals surface area contributed by atoms with Crippen LogP contribution in [0.3, 0.4) is 0 Å². The van der Waals surface area contributed by atoms with Crippen molar-refractivity contribution in [3.05, 3.63) is 53.3 Å². The van der Waals surface area contributed by atoms with Crippen molar-refractivity contribution < 1.29 is 9.13 Å². The zero-order valence-electron chi connectivity index (χ0n) is 10.6. The first-order valence-electron chi connectivity index (χ1n) is 5.64. The zero-order chi connectivity index (χ0) is 14.5. The van der Waals surface area contributed by atoms with E-state index in [1.807, 2.05) is 12.3 Å². The van der Waals surface area contributed by atoms with Crippen LogP contribution in [0.2, 0.25) is 0 Å². The molecular formula is C15H9FN2OS. The molecule has 0 saturated heterocycles. The fourth-order valence-electron chi connectivity index (χ4n) is 1.65. The summed E-state index contributed by atoms with van der Waals surface area (Å²) in [6, 6.07) is 13.0. The van der Waals surface area contributed by atoms with Crippen LogP contribution in [-0.2, 0) is 0 Å². The van der Waals surface area contributed by atoms with Gasteiger partial charge in [0.15, 0.2) is 0 Å². The van der Waals surface area contributed by atoms with E-state index in [0.29, 0.717) is 11.3 Å². The highest BCUT2D eigenvalue weighted by molar-refractivity contribution is 7.98. The molecule has 0 radical (unpaired) electrons. The van der Waals surface area contributed by atoms with Gasteiger partial charge < -0.3 is 4.74 Å². The first-order chi connectivity index (χ1) is 9.69. The van der Waals surface area contributed by atoms with Crippen molar-refractivity contribution in [3.8, 4) is 23.6 Å². The van der Waals surface area contributed by atoms with Crippen LogP contribution in [0.1, 0.15) is 11.1 Å². The number of nitriles is 2. The number of ether oxygens (including phenoxy) is 1. The van der Waals surface area contributed by atoms with Gasteiger partial charge in [-0.15, -0.1) is 11.8 Å². The molecule has 0 bridgehead atoms. The normalized spacial score (nSPS) is 9.60.